The Kier molecular flexibility index (Phi) is 6.07. The number of hydrogen-bond donors (Lipinski definition) is 1. The summed E-state index contributed by atoms with van der Waals surface area (Å²) in [5.41, 5.74) is 7.56. The van der Waals surface area contributed by atoms with Crippen LogP contribution in [0.15, 0.2) is 24.3 Å². The van der Waals surface area contributed by atoms with Crippen molar-refractivity contribution in [3.8, 4) is 5.75 Å². The fourth-order valence-electron chi connectivity index (χ4n) is 2.05. The molecule has 2 N–H and O–H groups in total. The molecule has 1 aromatic carbocycles. The maximum atomic E-state index is 5.81. The molecule has 0 aliphatic carbocycles. The minimum atomic E-state index is 0.221. The maximum Gasteiger partial charge on any atom is 0.119 e. The molecule has 0 aliphatic rings. The smallest absolute Gasteiger partial charge is 0.119 e. The third kappa shape index (κ3) is 5.16. The highest BCUT2D eigenvalue weighted by Gasteiger charge is 2.17. The van der Waals surface area contributed by atoms with Crippen LogP contribution >= 0.6 is 0 Å². The van der Waals surface area contributed by atoms with Crippen LogP contribution in [-0.2, 0) is 5.41 Å². The largest absolute Gasteiger partial charge is 0.494 e. The van der Waals surface area contributed by atoms with Crippen LogP contribution in [0.5, 0.6) is 5.75 Å². The number of rotatable bonds is 8. The predicted octanol–water partition coefficient (Wildman–Crippen LogP) is 4.52. The minimum Gasteiger partial charge on any atom is -0.494 e. The Morgan fingerprint density at radius 2 is 1.65 bits per heavy atom. The van der Waals surface area contributed by atoms with Gasteiger partial charge in [-0.25, -0.2) is 0 Å². The standard InChI is InChI=1S/C18H31NO/c1-6-18(4,5)15-8-10-16(11-9-15)20-13-7-12-17(2,3)14-19/h8-11H,6-7,12-14,19H2,1-5H3. The van der Waals surface area contributed by atoms with E-state index in [-0.39, 0.29) is 10.8 Å². The van der Waals surface area contributed by atoms with Crippen LogP contribution in [0.25, 0.3) is 0 Å². The summed E-state index contributed by atoms with van der Waals surface area (Å²) < 4.78 is 5.81. The van der Waals surface area contributed by atoms with Crippen molar-refractivity contribution >= 4 is 0 Å². The first-order chi connectivity index (χ1) is 9.30. The van der Waals surface area contributed by atoms with E-state index < -0.39 is 0 Å². The van der Waals surface area contributed by atoms with E-state index in [0.29, 0.717) is 0 Å². The molecule has 0 radical (unpaired) electrons. The first-order valence-electron chi connectivity index (χ1n) is 7.74. The quantitative estimate of drug-likeness (QED) is 0.709. The zero-order valence-electron chi connectivity index (χ0n) is 13.8. The molecule has 20 heavy (non-hydrogen) atoms. The first kappa shape index (κ1) is 17.0. The lowest BCUT2D eigenvalue weighted by Crippen LogP contribution is -2.23. The zero-order valence-corrected chi connectivity index (χ0v) is 13.8. The van der Waals surface area contributed by atoms with Gasteiger partial charge < -0.3 is 10.5 Å². The molecule has 0 unspecified atom stereocenters. The Labute approximate surface area is 124 Å². The zero-order chi connectivity index (χ0) is 15.2. The topological polar surface area (TPSA) is 35.2 Å². The third-order valence-electron chi connectivity index (χ3n) is 4.34. The van der Waals surface area contributed by atoms with Gasteiger partial charge in [-0.1, -0.05) is 46.8 Å². The summed E-state index contributed by atoms with van der Waals surface area (Å²) in [7, 11) is 0. The predicted molar refractivity (Wildman–Crippen MR) is 87.3 cm³/mol. The SMILES string of the molecule is CCC(C)(C)c1ccc(OCCCC(C)(C)CN)cc1. The van der Waals surface area contributed by atoms with Gasteiger partial charge in [0.25, 0.3) is 0 Å². The second kappa shape index (κ2) is 7.12. The highest BCUT2D eigenvalue weighted by molar-refractivity contribution is 5.31. The fraction of sp³-hybridized carbons (Fsp3) is 0.667. The summed E-state index contributed by atoms with van der Waals surface area (Å²) in [6, 6.07) is 8.53. The van der Waals surface area contributed by atoms with Crippen molar-refractivity contribution < 1.29 is 4.74 Å². The summed E-state index contributed by atoms with van der Waals surface area (Å²) in [4.78, 5) is 0. The van der Waals surface area contributed by atoms with Crippen LogP contribution < -0.4 is 10.5 Å². The lowest BCUT2D eigenvalue weighted by Gasteiger charge is -2.23. The van der Waals surface area contributed by atoms with Gasteiger partial charge in [-0.15, -0.1) is 0 Å². The fourth-order valence-corrected chi connectivity index (χ4v) is 2.05. The molecule has 2 nitrogen and oxygen atoms in total. The number of ether oxygens (including phenoxy) is 1. The Morgan fingerprint density at radius 3 is 2.15 bits per heavy atom. The highest BCUT2D eigenvalue weighted by Crippen LogP contribution is 2.28. The molecular weight excluding hydrogens is 246 g/mol. The van der Waals surface area contributed by atoms with Gasteiger partial charge in [-0.2, -0.15) is 0 Å². The Balaban J connectivity index is 2.43. The van der Waals surface area contributed by atoms with E-state index in [0.717, 1.165) is 38.2 Å². The van der Waals surface area contributed by atoms with Gasteiger partial charge in [-0.05, 0) is 54.3 Å². The van der Waals surface area contributed by atoms with Crippen molar-refractivity contribution in [1.82, 2.24) is 0 Å². The molecule has 114 valence electrons. The normalized spacial score (nSPS) is 12.5. The van der Waals surface area contributed by atoms with Crippen molar-refractivity contribution in [2.45, 2.75) is 59.3 Å². The van der Waals surface area contributed by atoms with Crippen LogP contribution in [0, 0.1) is 5.41 Å². The van der Waals surface area contributed by atoms with Gasteiger partial charge in [0.2, 0.25) is 0 Å². The van der Waals surface area contributed by atoms with Gasteiger partial charge >= 0.3 is 0 Å². The van der Waals surface area contributed by atoms with Crippen molar-refractivity contribution in [3.05, 3.63) is 29.8 Å². The molecule has 0 saturated heterocycles. The molecule has 1 aromatic rings. The molecule has 0 amide bonds. The molecule has 0 saturated carbocycles. The highest BCUT2D eigenvalue weighted by atomic mass is 16.5. The van der Waals surface area contributed by atoms with Crippen LogP contribution in [0.2, 0.25) is 0 Å². The van der Waals surface area contributed by atoms with Crippen molar-refractivity contribution in [2.75, 3.05) is 13.2 Å². The van der Waals surface area contributed by atoms with Gasteiger partial charge in [0.1, 0.15) is 5.75 Å². The molecule has 0 aliphatic heterocycles. The number of hydrogen-bond acceptors (Lipinski definition) is 2. The average molecular weight is 277 g/mol. The Morgan fingerprint density at radius 1 is 1.05 bits per heavy atom. The van der Waals surface area contributed by atoms with Crippen molar-refractivity contribution in [2.24, 2.45) is 11.1 Å². The molecule has 0 bridgehead atoms. The Bertz CT molecular complexity index is 392. The molecule has 0 spiro atoms. The minimum absolute atomic E-state index is 0.221. The maximum absolute atomic E-state index is 5.81. The second-order valence-electron chi connectivity index (χ2n) is 7.08. The van der Waals surface area contributed by atoms with E-state index in [1.165, 1.54) is 5.56 Å². The van der Waals surface area contributed by atoms with Gasteiger partial charge in [0.05, 0.1) is 6.61 Å². The number of nitrogens with two attached hydrogens (primary N) is 1. The van der Waals surface area contributed by atoms with Gasteiger partial charge in [0.15, 0.2) is 0 Å². The van der Waals surface area contributed by atoms with E-state index in [1.54, 1.807) is 0 Å². The molecule has 0 aromatic heterocycles. The van der Waals surface area contributed by atoms with Crippen molar-refractivity contribution in [3.63, 3.8) is 0 Å². The Hall–Kier alpha value is -1.02. The van der Waals surface area contributed by atoms with E-state index in [9.17, 15) is 0 Å². The van der Waals surface area contributed by atoms with Crippen LogP contribution in [0.1, 0.15) is 59.4 Å². The summed E-state index contributed by atoms with van der Waals surface area (Å²) in [5, 5.41) is 0. The molecule has 0 fully saturated rings. The van der Waals surface area contributed by atoms with Crippen molar-refractivity contribution in [1.29, 1.82) is 0 Å². The monoisotopic (exact) mass is 277 g/mol. The molecule has 0 heterocycles. The molecule has 0 atom stereocenters. The first-order valence-corrected chi connectivity index (χ1v) is 7.74. The second-order valence-corrected chi connectivity index (χ2v) is 7.08. The van der Waals surface area contributed by atoms with E-state index in [2.05, 4.69) is 58.9 Å². The average Bonchev–Trinajstić information content (AvgIpc) is 2.44. The van der Waals surface area contributed by atoms with Crippen LogP contribution in [-0.4, -0.2) is 13.2 Å². The van der Waals surface area contributed by atoms with E-state index in [1.807, 2.05) is 0 Å². The van der Waals surface area contributed by atoms with E-state index >= 15 is 0 Å². The van der Waals surface area contributed by atoms with Crippen LogP contribution in [0.4, 0.5) is 0 Å². The lowest BCUT2D eigenvalue weighted by atomic mass is 9.82. The van der Waals surface area contributed by atoms with Crippen LogP contribution in [0.3, 0.4) is 0 Å². The third-order valence-corrected chi connectivity index (χ3v) is 4.34. The van der Waals surface area contributed by atoms with Gasteiger partial charge in [-0.3, -0.25) is 0 Å². The summed E-state index contributed by atoms with van der Waals surface area (Å²) >= 11 is 0. The molecule has 1 rings (SSSR count). The molecular formula is C18H31NO. The summed E-state index contributed by atoms with van der Waals surface area (Å²) in [6.07, 6.45) is 3.29. The summed E-state index contributed by atoms with van der Waals surface area (Å²) in [6.45, 7) is 12.7. The lowest BCUT2D eigenvalue weighted by molar-refractivity contribution is 0.261. The molecule has 2 heteroatoms. The number of benzene rings is 1. The summed E-state index contributed by atoms with van der Waals surface area (Å²) in [5.74, 6) is 0.964. The van der Waals surface area contributed by atoms with E-state index in [4.69, 9.17) is 10.5 Å². The van der Waals surface area contributed by atoms with Gasteiger partial charge in [0, 0.05) is 0 Å².